The molecule has 0 saturated heterocycles. The molecule has 0 spiro atoms. The lowest BCUT2D eigenvalue weighted by atomic mass is 9.89. The summed E-state index contributed by atoms with van der Waals surface area (Å²) in [7, 11) is 0. The fourth-order valence-electron chi connectivity index (χ4n) is 2.87. The Labute approximate surface area is 145 Å². The number of hydrogen-bond acceptors (Lipinski definition) is 3. The van der Waals surface area contributed by atoms with Gasteiger partial charge in [-0.05, 0) is 49.8 Å². The lowest BCUT2D eigenvalue weighted by Crippen LogP contribution is -2.26. The van der Waals surface area contributed by atoms with Gasteiger partial charge in [0.2, 0.25) is 0 Å². The highest BCUT2D eigenvalue weighted by Crippen LogP contribution is 2.24. The highest BCUT2D eigenvalue weighted by molar-refractivity contribution is 5.71. The highest BCUT2D eigenvalue weighted by Gasteiger charge is 2.12. The first-order chi connectivity index (χ1) is 11.8. The standard InChI is InChI=1S/C21H27NO2/c1-2-24-21(23)17-22-16-15-20(19-11-7-4-8-12-19)14-13-18-9-5-3-6-10-18/h3-12,20,22H,2,13-17H2,1H3. The Hall–Kier alpha value is -2.13. The molecular formula is C21H27NO2. The lowest BCUT2D eigenvalue weighted by Gasteiger charge is -2.18. The van der Waals surface area contributed by atoms with Crippen molar-refractivity contribution in [1.29, 1.82) is 0 Å². The molecule has 0 aromatic heterocycles. The summed E-state index contributed by atoms with van der Waals surface area (Å²) in [6.45, 7) is 3.36. The third kappa shape index (κ3) is 6.55. The zero-order valence-corrected chi connectivity index (χ0v) is 14.4. The van der Waals surface area contributed by atoms with Crippen LogP contribution >= 0.6 is 0 Å². The van der Waals surface area contributed by atoms with Gasteiger partial charge in [-0.25, -0.2) is 0 Å². The molecule has 0 radical (unpaired) electrons. The minimum Gasteiger partial charge on any atom is -0.465 e. The van der Waals surface area contributed by atoms with Crippen LogP contribution in [-0.4, -0.2) is 25.7 Å². The van der Waals surface area contributed by atoms with Gasteiger partial charge in [-0.3, -0.25) is 4.79 Å². The van der Waals surface area contributed by atoms with Crippen LogP contribution in [0.3, 0.4) is 0 Å². The molecule has 3 nitrogen and oxygen atoms in total. The van der Waals surface area contributed by atoms with E-state index in [4.69, 9.17) is 4.74 Å². The van der Waals surface area contributed by atoms with E-state index >= 15 is 0 Å². The van der Waals surface area contributed by atoms with Crippen molar-refractivity contribution in [3.8, 4) is 0 Å². The van der Waals surface area contributed by atoms with E-state index in [9.17, 15) is 4.79 Å². The molecule has 2 aromatic carbocycles. The van der Waals surface area contributed by atoms with Crippen molar-refractivity contribution in [2.45, 2.75) is 32.1 Å². The fraction of sp³-hybridized carbons (Fsp3) is 0.381. The zero-order chi connectivity index (χ0) is 17.0. The van der Waals surface area contributed by atoms with Crippen molar-refractivity contribution in [3.05, 3.63) is 71.8 Å². The van der Waals surface area contributed by atoms with Gasteiger partial charge < -0.3 is 10.1 Å². The molecular weight excluding hydrogens is 298 g/mol. The molecule has 3 heteroatoms. The number of hydrogen-bond donors (Lipinski definition) is 1. The second-order valence-corrected chi connectivity index (χ2v) is 5.90. The van der Waals surface area contributed by atoms with E-state index in [1.54, 1.807) is 0 Å². The molecule has 128 valence electrons. The number of carbonyl (C=O) groups is 1. The van der Waals surface area contributed by atoms with Crippen molar-refractivity contribution in [2.24, 2.45) is 0 Å². The Morgan fingerprint density at radius 2 is 1.67 bits per heavy atom. The van der Waals surface area contributed by atoms with Crippen LogP contribution in [0, 0.1) is 0 Å². The molecule has 0 aliphatic carbocycles. The molecule has 0 aliphatic heterocycles. The normalized spacial score (nSPS) is 11.9. The maximum atomic E-state index is 11.4. The van der Waals surface area contributed by atoms with E-state index in [1.165, 1.54) is 11.1 Å². The molecule has 1 N–H and O–H groups in total. The summed E-state index contributed by atoms with van der Waals surface area (Å²) in [5.74, 6) is 0.305. The average Bonchev–Trinajstić information content (AvgIpc) is 2.63. The van der Waals surface area contributed by atoms with Crippen molar-refractivity contribution in [1.82, 2.24) is 5.32 Å². The van der Waals surface area contributed by atoms with E-state index in [0.29, 0.717) is 12.5 Å². The third-order valence-electron chi connectivity index (χ3n) is 4.14. The van der Waals surface area contributed by atoms with Gasteiger partial charge in [0.1, 0.15) is 0 Å². The van der Waals surface area contributed by atoms with Gasteiger partial charge in [0, 0.05) is 0 Å². The Balaban J connectivity index is 1.85. The molecule has 1 unspecified atom stereocenters. The van der Waals surface area contributed by atoms with Gasteiger partial charge in [-0.15, -0.1) is 0 Å². The Morgan fingerprint density at radius 3 is 2.33 bits per heavy atom. The Kier molecular flexibility index (Phi) is 8.05. The molecule has 0 fully saturated rings. The number of nitrogens with one attached hydrogen (secondary N) is 1. The van der Waals surface area contributed by atoms with E-state index in [0.717, 1.165) is 25.8 Å². The van der Waals surface area contributed by atoms with Crippen LogP contribution in [0.2, 0.25) is 0 Å². The molecule has 0 aliphatic rings. The van der Waals surface area contributed by atoms with Gasteiger partial charge in [-0.2, -0.15) is 0 Å². The van der Waals surface area contributed by atoms with Crippen molar-refractivity contribution < 1.29 is 9.53 Å². The number of benzene rings is 2. The largest absolute Gasteiger partial charge is 0.465 e. The number of ether oxygens (including phenoxy) is 1. The van der Waals surface area contributed by atoms with Crippen LogP contribution in [0.4, 0.5) is 0 Å². The SMILES string of the molecule is CCOC(=O)CNCCC(CCc1ccccc1)c1ccccc1. The Morgan fingerprint density at radius 1 is 1.00 bits per heavy atom. The lowest BCUT2D eigenvalue weighted by molar-refractivity contribution is -0.141. The molecule has 1 atom stereocenters. The number of rotatable bonds is 10. The predicted octanol–water partition coefficient (Wildman–Crippen LogP) is 3.95. The fourth-order valence-corrected chi connectivity index (χ4v) is 2.87. The summed E-state index contributed by atoms with van der Waals surface area (Å²) in [4.78, 5) is 11.4. The van der Waals surface area contributed by atoms with Crippen molar-refractivity contribution >= 4 is 5.97 Å². The molecule has 2 rings (SSSR count). The quantitative estimate of drug-likeness (QED) is 0.531. The maximum Gasteiger partial charge on any atom is 0.319 e. The maximum absolute atomic E-state index is 11.4. The van der Waals surface area contributed by atoms with Gasteiger partial charge in [0.25, 0.3) is 0 Å². The van der Waals surface area contributed by atoms with Crippen molar-refractivity contribution in [2.75, 3.05) is 19.7 Å². The van der Waals surface area contributed by atoms with Gasteiger partial charge in [0.05, 0.1) is 13.2 Å². The second-order valence-electron chi connectivity index (χ2n) is 5.90. The molecule has 0 heterocycles. The number of carbonyl (C=O) groups excluding carboxylic acids is 1. The molecule has 2 aromatic rings. The summed E-state index contributed by atoms with van der Waals surface area (Å²) < 4.78 is 4.94. The van der Waals surface area contributed by atoms with Crippen LogP contribution in [-0.2, 0) is 16.0 Å². The highest BCUT2D eigenvalue weighted by atomic mass is 16.5. The van der Waals surface area contributed by atoms with Crippen molar-refractivity contribution in [3.63, 3.8) is 0 Å². The summed E-state index contributed by atoms with van der Waals surface area (Å²) in [5, 5.41) is 3.19. The topological polar surface area (TPSA) is 38.3 Å². The van der Waals surface area contributed by atoms with E-state index in [2.05, 4.69) is 66.0 Å². The molecule has 0 saturated carbocycles. The summed E-state index contributed by atoms with van der Waals surface area (Å²) in [6, 6.07) is 21.2. The predicted molar refractivity (Wildman–Crippen MR) is 98.1 cm³/mol. The van der Waals surface area contributed by atoms with Gasteiger partial charge in [-0.1, -0.05) is 60.7 Å². The van der Waals surface area contributed by atoms with E-state index in [1.807, 2.05) is 6.92 Å². The zero-order valence-electron chi connectivity index (χ0n) is 14.4. The van der Waals surface area contributed by atoms with Crippen LogP contribution in [0.25, 0.3) is 0 Å². The summed E-state index contributed by atoms with van der Waals surface area (Å²) >= 11 is 0. The third-order valence-corrected chi connectivity index (χ3v) is 4.14. The van der Waals surface area contributed by atoms with Crippen LogP contribution in [0.15, 0.2) is 60.7 Å². The summed E-state index contributed by atoms with van der Waals surface area (Å²) in [6.07, 6.45) is 3.18. The first-order valence-electron chi connectivity index (χ1n) is 8.74. The van der Waals surface area contributed by atoms with Gasteiger partial charge in [0.15, 0.2) is 0 Å². The Bertz CT molecular complexity index is 583. The minimum atomic E-state index is -0.182. The molecule has 0 bridgehead atoms. The number of aryl methyl sites for hydroxylation is 1. The molecule has 0 amide bonds. The van der Waals surface area contributed by atoms with Gasteiger partial charge >= 0.3 is 5.97 Å². The average molecular weight is 325 g/mol. The first kappa shape index (κ1) is 18.2. The minimum absolute atomic E-state index is 0.182. The molecule has 24 heavy (non-hydrogen) atoms. The van der Waals surface area contributed by atoms with E-state index < -0.39 is 0 Å². The first-order valence-corrected chi connectivity index (χ1v) is 8.74. The van der Waals surface area contributed by atoms with Crippen LogP contribution < -0.4 is 5.32 Å². The van der Waals surface area contributed by atoms with Crippen LogP contribution in [0.5, 0.6) is 0 Å². The second kappa shape index (κ2) is 10.6. The summed E-state index contributed by atoms with van der Waals surface area (Å²) in [5.41, 5.74) is 2.74. The number of esters is 1. The monoisotopic (exact) mass is 325 g/mol. The smallest absolute Gasteiger partial charge is 0.319 e. The van der Waals surface area contributed by atoms with Crippen LogP contribution in [0.1, 0.15) is 36.8 Å². The van der Waals surface area contributed by atoms with E-state index in [-0.39, 0.29) is 12.5 Å².